The number of halogens is 1. The number of nitrogens with two attached hydrogens (primary N) is 1. The molecule has 1 aromatic heterocycles. The highest BCUT2D eigenvalue weighted by Gasteiger charge is 2.38. The van der Waals surface area contributed by atoms with Crippen molar-refractivity contribution in [3.8, 4) is 0 Å². The maximum atomic E-state index is 11.7. The number of anilines is 1. The van der Waals surface area contributed by atoms with Crippen molar-refractivity contribution in [2.45, 2.75) is 19.8 Å². The number of nitrogens with zero attached hydrogens (tertiary/aromatic N) is 1. The lowest BCUT2D eigenvalue weighted by atomic mass is 9.79. The summed E-state index contributed by atoms with van der Waals surface area (Å²) in [5.41, 5.74) is 6.13. The van der Waals surface area contributed by atoms with Gasteiger partial charge < -0.3 is 15.8 Å². The molecular weight excluding hydrogens is 310 g/mol. The number of ether oxygens (including phenoxy) is 1. The first-order valence-electron chi connectivity index (χ1n) is 6.27. The number of carbonyl (C=O) groups excluding carboxylic acids is 1. The lowest BCUT2D eigenvalue weighted by Gasteiger charge is -2.34. The molecule has 1 saturated heterocycles. The van der Waals surface area contributed by atoms with Crippen LogP contribution in [0.5, 0.6) is 0 Å². The number of nitrogens with one attached hydrogen (secondary N) is 1. The molecule has 0 unspecified atom stereocenters. The summed E-state index contributed by atoms with van der Waals surface area (Å²) < 4.78 is 6.27. The van der Waals surface area contributed by atoms with Crippen molar-refractivity contribution in [3.05, 3.63) is 22.3 Å². The Balaban J connectivity index is 2.06. The Labute approximate surface area is 121 Å². The number of rotatable bonds is 4. The average Bonchev–Trinajstić information content (AvgIpc) is 2.41. The van der Waals surface area contributed by atoms with E-state index in [0.29, 0.717) is 32.6 Å². The van der Waals surface area contributed by atoms with Crippen LogP contribution >= 0.6 is 15.9 Å². The highest BCUT2D eigenvalue weighted by atomic mass is 79.9. The molecule has 0 aliphatic carbocycles. The van der Waals surface area contributed by atoms with Gasteiger partial charge in [-0.15, -0.1) is 0 Å². The first-order chi connectivity index (χ1) is 9.03. The lowest BCUT2D eigenvalue weighted by molar-refractivity contribution is -0.132. The van der Waals surface area contributed by atoms with E-state index >= 15 is 0 Å². The number of hydrogen-bond donors (Lipinski definition) is 2. The smallest absolute Gasteiger partial charge is 0.225 e. The van der Waals surface area contributed by atoms with E-state index in [2.05, 4.69) is 26.2 Å². The summed E-state index contributed by atoms with van der Waals surface area (Å²) in [5, 5.41) is 3.22. The van der Waals surface area contributed by atoms with Crippen molar-refractivity contribution < 1.29 is 9.53 Å². The molecule has 5 nitrogen and oxygen atoms in total. The standard InChI is InChI=1S/C13H18BrN3O2/c1-9-6-11(16-7-10(9)14)17-8-13(12(15)18)2-4-19-5-3-13/h6-7H,2-5,8H2,1H3,(H2,15,18)(H,16,17). The normalized spacial score (nSPS) is 18.0. The molecule has 104 valence electrons. The van der Waals surface area contributed by atoms with Gasteiger partial charge in [-0.05, 0) is 47.3 Å². The van der Waals surface area contributed by atoms with Crippen molar-refractivity contribution in [1.82, 2.24) is 4.98 Å². The maximum Gasteiger partial charge on any atom is 0.225 e. The molecule has 3 N–H and O–H groups in total. The summed E-state index contributed by atoms with van der Waals surface area (Å²) >= 11 is 3.41. The summed E-state index contributed by atoms with van der Waals surface area (Å²) in [6.07, 6.45) is 3.06. The van der Waals surface area contributed by atoms with Gasteiger partial charge in [-0.2, -0.15) is 0 Å². The highest BCUT2D eigenvalue weighted by Crippen LogP contribution is 2.30. The highest BCUT2D eigenvalue weighted by molar-refractivity contribution is 9.10. The van der Waals surface area contributed by atoms with Crippen LogP contribution in [0.25, 0.3) is 0 Å². The van der Waals surface area contributed by atoms with Gasteiger partial charge in [-0.25, -0.2) is 4.98 Å². The van der Waals surface area contributed by atoms with Crippen molar-refractivity contribution in [1.29, 1.82) is 0 Å². The second-order valence-electron chi connectivity index (χ2n) is 4.93. The first kappa shape index (κ1) is 14.3. The second-order valence-corrected chi connectivity index (χ2v) is 5.78. The topological polar surface area (TPSA) is 77.2 Å². The van der Waals surface area contributed by atoms with E-state index in [1.165, 1.54) is 0 Å². The van der Waals surface area contributed by atoms with E-state index in [1.54, 1.807) is 6.20 Å². The summed E-state index contributed by atoms with van der Waals surface area (Å²) in [7, 11) is 0. The van der Waals surface area contributed by atoms with Crippen molar-refractivity contribution in [2.24, 2.45) is 11.1 Å². The molecular formula is C13H18BrN3O2. The van der Waals surface area contributed by atoms with E-state index in [0.717, 1.165) is 15.9 Å². The number of pyridine rings is 1. The Hall–Kier alpha value is -1.14. The summed E-state index contributed by atoms with van der Waals surface area (Å²) in [4.78, 5) is 16.0. The van der Waals surface area contributed by atoms with Gasteiger partial charge in [0.05, 0.1) is 5.41 Å². The molecule has 0 atom stereocenters. The molecule has 0 aromatic carbocycles. The van der Waals surface area contributed by atoms with E-state index in [1.807, 2.05) is 13.0 Å². The van der Waals surface area contributed by atoms with Gasteiger partial charge in [0.2, 0.25) is 5.91 Å². The third kappa shape index (κ3) is 3.25. The molecule has 1 aliphatic rings. The molecule has 0 saturated carbocycles. The molecule has 2 heterocycles. The van der Waals surface area contributed by atoms with Gasteiger partial charge in [-0.1, -0.05) is 0 Å². The predicted molar refractivity (Wildman–Crippen MR) is 76.8 cm³/mol. The minimum absolute atomic E-state index is 0.267. The van der Waals surface area contributed by atoms with Crippen LogP contribution in [-0.2, 0) is 9.53 Å². The summed E-state index contributed by atoms with van der Waals surface area (Å²) in [6, 6.07) is 1.94. The molecule has 6 heteroatoms. The quantitative estimate of drug-likeness (QED) is 0.884. The zero-order valence-corrected chi connectivity index (χ0v) is 12.5. The first-order valence-corrected chi connectivity index (χ1v) is 7.06. The summed E-state index contributed by atoms with van der Waals surface area (Å²) in [5.74, 6) is 0.491. The number of amides is 1. The Morgan fingerprint density at radius 1 is 1.58 bits per heavy atom. The monoisotopic (exact) mass is 327 g/mol. The van der Waals surface area contributed by atoms with Crippen LogP contribution < -0.4 is 11.1 Å². The SMILES string of the molecule is Cc1cc(NCC2(C(N)=O)CCOCC2)ncc1Br. The van der Waals surface area contributed by atoms with Crippen molar-refractivity contribution >= 4 is 27.7 Å². The zero-order chi connectivity index (χ0) is 13.9. The van der Waals surface area contributed by atoms with E-state index in [-0.39, 0.29) is 5.91 Å². The second kappa shape index (κ2) is 5.88. The van der Waals surface area contributed by atoms with Crippen LogP contribution in [0.2, 0.25) is 0 Å². The van der Waals surface area contributed by atoms with Gasteiger partial charge in [0.15, 0.2) is 0 Å². The largest absolute Gasteiger partial charge is 0.381 e. The zero-order valence-electron chi connectivity index (χ0n) is 10.9. The number of aryl methyl sites for hydroxylation is 1. The van der Waals surface area contributed by atoms with Gasteiger partial charge in [0.1, 0.15) is 5.82 Å². The average molecular weight is 328 g/mol. The molecule has 2 rings (SSSR count). The van der Waals surface area contributed by atoms with Gasteiger partial charge in [0.25, 0.3) is 0 Å². The summed E-state index contributed by atoms with van der Waals surface area (Å²) in [6.45, 7) is 3.66. The van der Waals surface area contributed by atoms with Crippen LogP contribution in [0.1, 0.15) is 18.4 Å². The van der Waals surface area contributed by atoms with E-state index in [4.69, 9.17) is 10.5 Å². The molecule has 1 aliphatic heterocycles. The maximum absolute atomic E-state index is 11.7. The fourth-order valence-electron chi connectivity index (χ4n) is 2.17. The van der Waals surface area contributed by atoms with Crippen LogP contribution in [0.4, 0.5) is 5.82 Å². The van der Waals surface area contributed by atoms with Crippen LogP contribution in [0.15, 0.2) is 16.7 Å². The van der Waals surface area contributed by atoms with Gasteiger partial charge in [-0.3, -0.25) is 4.79 Å². The molecule has 1 amide bonds. The fourth-order valence-corrected chi connectivity index (χ4v) is 2.39. The van der Waals surface area contributed by atoms with Crippen molar-refractivity contribution in [3.63, 3.8) is 0 Å². The molecule has 1 aromatic rings. The van der Waals surface area contributed by atoms with Crippen molar-refractivity contribution in [2.75, 3.05) is 25.1 Å². The number of primary amides is 1. The van der Waals surface area contributed by atoms with Gasteiger partial charge >= 0.3 is 0 Å². The molecule has 0 bridgehead atoms. The number of carbonyl (C=O) groups is 1. The Morgan fingerprint density at radius 2 is 2.26 bits per heavy atom. The Bertz CT molecular complexity index is 473. The minimum Gasteiger partial charge on any atom is -0.381 e. The van der Waals surface area contributed by atoms with Crippen LogP contribution in [0, 0.1) is 12.3 Å². The fraction of sp³-hybridized carbons (Fsp3) is 0.538. The van der Waals surface area contributed by atoms with Crippen LogP contribution in [-0.4, -0.2) is 30.6 Å². The third-order valence-corrected chi connectivity index (χ3v) is 4.46. The predicted octanol–water partition coefficient (Wildman–Crippen LogP) is 1.85. The lowest BCUT2D eigenvalue weighted by Crippen LogP contribution is -2.46. The molecule has 1 fully saturated rings. The Morgan fingerprint density at radius 3 is 2.84 bits per heavy atom. The number of aromatic nitrogens is 1. The molecule has 0 radical (unpaired) electrons. The van der Waals surface area contributed by atoms with E-state index < -0.39 is 5.41 Å². The third-order valence-electron chi connectivity index (χ3n) is 3.63. The Kier molecular flexibility index (Phi) is 4.42. The molecule has 0 spiro atoms. The van der Waals surface area contributed by atoms with E-state index in [9.17, 15) is 4.79 Å². The molecule has 19 heavy (non-hydrogen) atoms. The number of hydrogen-bond acceptors (Lipinski definition) is 4. The minimum atomic E-state index is -0.527. The van der Waals surface area contributed by atoms with Crippen LogP contribution in [0.3, 0.4) is 0 Å². The van der Waals surface area contributed by atoms with Gasteiger partial charge in [0, 0.05) is 30.4 Å².